The van der Waals surface area contributed by atoms with E-state index in [1.54, 1.807) is 0 Å². The molecule has 0 radical (unpaired) electrons. The molecule has 0 unspecified atom stereocenters. The molecule has 29 heavy (non-hydrogen) atoms. The number of halogens is 1. The fourth-order valence-electron chi connectivity index (χ4n) is 4.02. The van der Waals surface area contributed by atoms with Crippen LogP contribution < -0.4 is 5.32 Å². The Labute approximate surface area is 180 Å². The van der Waals surface area contributed by atoms with Gasteiger partial charge >= 0.3 is 6.03 Å². The maximum atomic E-state index is 13.2. The molecular weight excluding hydrogens is 382 g/mol. The summed E-state index contributed by atoms with van der Waals surface area (Å²) >= 11 is 6.15. The molecule has 1 fully saturated rings. The Bertz CT molecular complexity index is 795. The third kappa shape index (κ3) is 6.02. The van der Waals surface area contributed by atoms with Crippen LogP contribution in [-0.2, 0) is 13.1 Å². The predicted octanol–water partition coefficient (Wildman–Crippen LogP) is 6.08. The van der Waals surface area contributed by atoms with Crippen molar-refractivity contribution in [3.8, 4) is 0 Å². The second-order valence-electron chi connectivity index (χ2n) is 8.65. The van der Waals surface area contributed by atoms with E-state index in [9.17, 15) is 4.79 Å². The van der Waals surface area contributed by atoms with Gasteiger partial charge in [0, 0.05) is 35.5 Å². The van der Waals surface area contributed by atoms with Crippen LogP contribution in [-0.4, -0.2) is 27.6 Å². The fourth-order valence-corrected chi connectivity index (χ4v) is 4.23. The summed E-state index contributed by atoms with van der Waals surface area (Å²) in [6, 6.07) is 12.7. The third-order valence-corrected chi connectivity index (χ3v) is 6.38. The van der Waals surface area contributed by atoms with Crippen molar-refractivity contribution in [2.24, 2.45) is 5.92 Å². The van der Waals surface area contributed by atoms with Crippen LogP contribution in [0.3, 0.4) is 0 Å². The summed E-state index contributed by atoms with van der Waals surface area (Å²) in [5.74, 6) is 0.392. The smallest absolute Gasteiger partial charge is 0.318 e. The van der Waals surface area contributed by atoms with Crippen molar-refractivity contribution in [1.29, 1.82) is 0 Å². The summed E-state index contributed by atoms with van der Waals surface area (Å²) < 4.78 is 2.21. The molecule has 0 saturated heterocycles. The number of rotatable bonds is 7. The zero-order chi connectivity index (χ0) is 20.8. The summed E-state index contributed by atoms with van der Waals surface area (Å²) in [6.45, 7) is 7.85. The van der Waals surface area contributed by atoms with Gasteiger partial charge in [-0.05, 0) is 55.5 Å². The van der Waals surface area contributed by atoms with E-state index in [-0.39, 0.29) is 12.1 Å². The van der Waals surface area contributed by atoms with Crippen LogP contribution in [0.5, 0.6) is 0 Å². The van der Waals surface area contributed by atoms with E-state index < -0.39 is 0 Å². The van der Waals surface area contributed by atoms with Gasteiger partial charge in [0.25, 0.3) is 0 Å². The topological polar surface area (TPSA) is 37.3 Å². The number of aromatic nitrogens is 1. The van der Waals surface area contributed by atoms with Gasteiger partial charge in [0.15, 0.2) is 0 Å². The Hall–Kier alpha value is -1.94. The first kappa shape index (κ1) is 21.8. The standard InChI is InChI=1S/C24H34ClN3O/c1-18(2)19(3)28(24(29)26-22-11-5-4-6-12-22)17-23-13-8-14-27(23)16-20-9-7-10-21(25)15-20/h7-10,13-15,18-19,22H,4-6,11-12,16-17H2,1-3H3,(H,26,29)/t19-/m1/s1. The maximum absolute atomic E-state index is 13.2. The minimum absolute atomic E-state index is 0.0635. The Morgan fingerprint density at radius 2 is 1.93 bits per heavy atom. The van der Waals surface area contributed by atoms with Crippen molar-refractivity contribution in [2.45, 2.75) is 78.0 Å². The van der Waals surface area contributed by atoms with Crippen molar-refractivity contribution in [3.05, 3.63) is 58.9 Å². The van der Waals surface area contributed by atoms with Crippen molar-refractivity contribution in [1.82, 2.24) is 14.8 Å². The summed E-state index contributed by atoms with van der Waals surface area (Å²) in [5.41, 5.74) is 2.29. The van der Waals surface area contributed by atoms with Gasteiger partial charge in [-0.2, -0.15) is 0 Å². The van der Waals surface area contributed by atoms with Crippen LogP contribution in [0, 0.1) is 5.92 Å². The zero-order valence-electron chi connectivity index (χ0n) is 17.9. The molecule has 1 aliphatic rings. The molecule has 1 N–H and O–H groups in total. The number of amides is 2. The lowest BCUT2D eigenvalue weighted by molar-refractivity contribution is 0.150. The summed E-state index contributed by atoms with van der Waals surface area (Å²) in [4.78, 5) is 15.2. The van der Waals surface area contributed by atoms with Crippen LogP contribution >= 0.6 is 11.6 Å². The van der Waals surface area contributed by atoms with E-state index in [1.807, 2.05) is 23.1 Å². The largest absolute Gasteiger partial charge is 0.345 e. The van der Waals surface area contributed by atoms with Crippen LogP contribution in [0.2, 0.25) is 5.02 Å². The molecule has 158 valence electrons. The predicted molar refractivity (Wildman–Crippen MR) is 120 cm³/mol. The van der Waals surface area contributed by atoms with Gasteiger partial charge in [-0.25, -0.2) is 4.79 Å². The number of urea groups is 1. The number of benzene rings is 1. The van der Waals surface area contributed by atoms with E-state index in [0.717, 1.165) is 35.7 Å². The molecule has 1 atom stereocenters. The quantitative estimate of drug-likeness (QED) is 0.584. The van der Waals surface area contributed by atoms with E-state index in [2.05, 4.69) is 55.1 Å². The Morgan fingerprint density at radius 3 is 2.62 bits per heavy atom. The highest BCUT2D eigenvalue weighted by molar-refractivity contribution is 6.30. The molecule has 4 nitrogen and oxygen atoms in total. The van der Waals surface area contributed by atoms with Crippen LogP contribution in [0.25, 0.3) is 0 Å². The molecule has 1 aromatic heterocycles. The Balaban J connectivity index is 1.74. The average molecular weight is 416 g/mol. The van der Waals surface area contributed by atoms with E-state index in [4.69, 9.17) is 11.6 Å². The van der Waals surface area contributed by atoms with E-state index >= 15 is 0 Å². The molecule has 1 saturated carbocycles. The summed E-state index contributed by atoms with van der Waals surface area (Å²) in [5, 5.41) is 4.05. The van der Waals surface area contributed by atoms with Gasteiger partial charge < -0.3 is 14.8 Å². The van der Waals surface area contributed by atoms with Gasteiger partial charge in [0.05, 0.1) is 6.54 Å². The molecule has 1 aromatic carbocycles. The summed E-state index contributed by atoms with van der Waals surface area (Å²) in [6.07, 6.45) is 7.99. The van der Waals surface area contributed by atoms with Gasteiger partial charge in [-0.3, -0.25) is 0 Å². The minimum Gasteiger partial charge on any atom is -0.345 e. The number of hydrogen-bond donors (Lipinski definition) is 1. The Kier molecular flexibility index (Phi) is 7.65. The normalized spacial score (nSPS) is 16.0. The first-order valence-corrected chi connectivity index (χ1v) is 11.3. The monoisotopic (exact) mass is 415 g/mol. The van der Waals surface area contributed by atoms with E-state index in [1.165, 1.54) is 19.3 Å². The SMILES string of the molecule is CC(C)[C@@H](C)N(Cc1cccn1Cc1cccc(Cl)c1)C(=O)NC1CCCCC1. The molecule has 0 aliphatic heterocycles. The molecule has 1 heterocycles. The first-order valence-electron chi connectivity index (χ1n) is 10.9. The molecule has 1 aliphatic carbocycles. The van der Waals surface area contributed by atoms with Gasteiger partial charge in [0.2, 0.25) is 0 Å². The lowest BCUT2D eigenvalue weighted by atomic mass is 9.95. The molecular formula is C24H34ClN3O. The van der Waals surface area contributed by atoms with Gasteiger partial charge in [-0.1, -0.05) is 56.8 Å². The molecule has 3 rings (SSSR count). The highest BCUT2D eigenvalue weighted by atomic mass is 35.5. The number of carbonyl (C=O) groups is 1. The maximum Gasteiger partial charge on any atom is 0.318 e. The highest BCUT2D eigenvalue weighted by Crippen LogP contribution is 2.21. The second-order valence-corrected chi connectivity index (χ2v) is 9.09. The number of carbonyl (C=O) groups excluding carboxylic acids is 1. The molecule has 0 spiro atoms. The summed E-state index contributed by atoms with van der Waals surface area (Å²) in [7, 11) is 0. The van der Waals surface area contributed by atoms with E-state index in [0.29, 0.717) is 18.5 Å². The fraction of sp³-hybridized carbons (Fsp3) is 0.542. The molecule has 2 amide bonds. The van der Waals surface area contributed by atoms with Crippen molar-refractivity contribution in [3.63, 3.8) is 0 Å². The number of hydrogen-bond acceptors (Lipinski definition) is 1. The highest BCUT2D eigenvalue weighted by Gasteiger charge is 2.26. The second kappa shape index (κ2) is 10.2. The first-order chi connectivity index (χ1) is 13.9. The molecule has 2 aromatic rings. The molecule has 5 heteroatoms. The van der Waals surface area contributed by atoms with Gasteiger partial charge in [0.1, 0.15) is 0 Å². The van der Waals surface area contributed by atoms with Crippen LogP contribution in [0.15, 0.2) is 42.6 Å². The molecule has 0 bridgehead atoms. The van der Waals surface area contributed by atoms with Crippen molar-refractivity contribution < 1.29 is 4.79 Å². The zero-order valence-corrected chi connectivity index (χ0v) is 18.7. The lowest BCUT2D eigenvalue weighted by Crippen LogP contribution is -2.50. The van der Waals surface area contributed by atoms with Crippen molar-refractivity contribution in [2.75, 3.05) is 0 Å². The van der Waals surface area contributed by atoms with Crippen LogP contribution in [0.4, 0.5) is 4.79 Å². The third-order valence-electron chi connectivity index (χ3n) is 6.15. The van der Waals surface area contributed by atoms with Crippen LogP contribution in [0.1, 0.15) is 64.1 Å². The lowest BCUT2D eigenvalue weighted by Gasteiger charge is -2.34. The number of nitrogens with zero attached hydrogens (tertiary/aromatic N) is 2. The number of nitrogens with one attached hydrogen (secondary N) is 1. The Morgan fingerprint density at radius 1 is 1.17 bits per heavy atom. The van der Waals surface area contributed by atoms with Gasteiger partial charge in [-0.15, -0.1) is 0 Å². The van der Waals surface area contributed by atoms with Crippen molar-refractivity contribution >= 4 is 17.6 Å². The average Bonchev–Trinajstić information content (AvgIpc) is 3.13. The minimum atomic E-state index is 0.0635.